The average molecular weight is 431 g/mol. The van der Waals surface area contributed by atoms with Gasteiger partial charge in [-0.2, -0.15) is 0 Å². The summed E-state index contributed by atoms with van der Waals surface area (Å²) in [7, 11) is 0. The van der Waals surface area contributed by atoms with Crippen molar-refractivity contribution in [2.45, 2.75) is 73.0 Å². The van der Waals surface area contributed by atoms with Crippen molar-refractivity contribution in [2.24, 2.45) is 22.7 Å². The Labute approximate surface area is 183 Å². The standard InChI is InChI=1S/C25H34O6/c1-14-6-7-19-20(8-9-22(24(19,3)4)31-15(2)28)25(14,5)11-17-21(29)10-16(12-26)18(13-27)23(17)30/h8,10,13-14,19,22,26,29-30H,6-7,9,11-12H2,1-5H3/t14-,19-,22+,25-/m1/s1. The molecule has 170 valence electrons. The molecule has 4 atom stereocenters. The molecule has 1 saturated carbocycles. The number of aldehydes is 1. The number of hydrogen-bond donors (Lipinski definition) is 3. The van der Waals surface area contributed by atoms with Crippen LogP contribution in [-0.4, -0.2) is 33.7 Å². The van der Waals surface area contributed by atoms with Gasteiger partial charge in [-0.15, -0.1) is 0 Å². The third-order valence-corrected chi connectivity index (χ3v) is 7.94. The highest BCUT2D eigenvalue weighted by Gasteiger charge is 2.52. The molecule has 6 nitrogen and oxygen atoms in total. The lowest BCUT2D eigenvalue weighted by Crippen LogP contribution is -2.50. The number of fused-ring (bicyclic) bond motifs is 1. The first-order valence-corrected chi connectivity index (χ1v) is 11.0. The molecule has 2 aliphatic carbocycles. The lowest BCUT2D eigenvalue weighted by molar-refractivity contribution is -0.156. The van der Waals surface area contributed by atoms with Crippen LogP contribution in [0.25, 0.3) is 0 Å². The van der Waals surface area contributed by atoms with Crippen LogP contribution >= 0.6 is 0 Å². The molecule has 1 fully saturated rings. The predicted octanol–water partition coefficient (Wildman–Crippen LogP) is 4.29. The quantitative estimate of drug-likeness (QED) is 0.366. The Morgan fingerprint density at radius 1 is 1.26 bits per heavy atom. The van der Waals surface area contributed by atoms with Gasteiger partial charge in [0.05, 0.1) is 12.2 Å². The number of hydrogen-bond acceptors (Lipinski definition) is 6. The van der Waals surface area contributed by atoms with E-state index in [2.05, 4.69) is 33.8 Å². The molecule has 0 radical (unpaired) electrons. The average Bonchev–Trinajstić information content (AvgIpc) is 2.69. The molecule has 0 unspecified atom stereocenters. The van der Waals surface area contributed by atoms with Crippen LogP contribution in [0, 0.1) is 22.7 Å². The van der Waals surface area contributed by atoms with Crippen LogP contribution in [0.1, 0.15) is 75.4 Å². The van der Waals surface area contributed by atoms with Gasteiger partial charge in [-0.1, -0.05) is 39.3 Å². The van der Waals surface area contributed by atoms with Crippen LogP contribution in [0.2, 0.25) is 0 Å². The van der Waals surface area contributed by atoms with E-state index < -0.39 is 6.61 Å². The molecule has 2 aliphatic rings. The fourth-order valence-electron chi connectivity index (χ4n) is 5.73. The number of aromatic hydroxyl groups is 2. The third-order valence-electron chi connectivity index (χ3n) is 7.94. The highest BCUT2D eigenvalue weighted by molar-refractivity contribution is 5.83. The first-order valence-electron chi connectivity index (χ1n) is 11.0. The number of aliphatic hydroxyl groups excluding tert-OH is 1. The smallest absolute Gasteiger partial charge is 0.302 e. The number of benzene rings is 1. The molecule has 0 heterocycles. The van der Waals surface area contributed by atoms with Gasteiger partial charge >= 0.3 is 5.97 Å². The number of carbonyl (C=O) groups is 2. The molecule has 0 bridgehead atoms. The minimum Gasteiger partial charge on any atom is -0.508 e. The van der Waals surface area contributed by atoms with Crippen molar-refractivity contribution >= 4 is 12.3 Å². The predicted molar refractivity (Wildman–Crippen MR) is 117 cm³/mol. The van der Waals surface area contributed by atoms with E-state index >= 15 is 0 Å². The van der Waals surface area contributed by atoms with Crippen molar-refractivity contribution < 1.29 is 29.6 Å². The number of phenols is 2. The second kappa shape index (κ2) is 8.30. The van der Waals surface area contributed by atoms with Gasteiger partial charge in [0.2, 0.25) is 0 Å². The fourth-order valence-corrected chi connectivity index (χ4v) is 5.73. The van der Waals surface area contributed by atoms with Crippen LogP contribution < -0.4 is 0 Å². The molecule has 0 saturated heterocycles. The van der Waals surface area contributed by atoms with E-state index in [-0.39, 0.29) is 57.4 Å². The van der Waals surface area contributed by atoms with Crippen molar-refractivity contribution in [2.75, 3.05) is 0 Å². The van der Waals surface area contributed by atoms with Crippen molar-refractivity contribution in [1.29, 1.82) is 0 Å². The first kappa shape index (κ1) is 23.3. The maximum Gasteiger partial charge on any atom is 0.302 e. The van der Waals surface area contributed by atoms with Gasteiger partial charge in [0, 0.05) is 24.3 Å². The van der Waals surface area contributed by atoms with E-state index in [0.29, 0.717) is 24.7 Å². The zero-order chi connectivity index (χ0) is 23.1. The summed E-state index contributed by atoms with van der Waals surface area (Å²) < 4.78 is 5.64. The van der Waals surface area contributed by atoms with Crippen LogP contribution in [0.5, 0.6) is 11.5 Å². The topological polar surface area (TPSA) is 104 Å². The summed E-state index contributed by atoms with van der Waals surface area (Å²) in [6, 6.07) is 1.36. The zero-order valence-corrected chi connectivity index (χ0v) is 19.1. The monoisotopic (exact) mass is 430 g/mol. The summed E-state index contributed by atoms with van der Waals surface area (Å²) in [5.41, 5.74) is 1.22. The highest BCUT2D eigenvalue weighted by Crippen LogP contribution is 2.59. The molecule has 0 aliphatic heterocycles. The maximum atomic E-state index is 11.6. The number of allylic oxidation sites excluding steroid dienone is 1. The molecular weight excluding hydrogens is 396 g/mol. The SMILES string of the molecule is CC(=O)O[C@H]1CC=C2[C@@H](CC[C@@H](C)[C@@]2(C)Cc2c(O)cc(CO)c(C=O)c2O)C1(C)C. The number of esters is 1. The number of carbonyl (C=O) groups excluding carboxylic acids is 2. The summed E-state index contributed by atoms with van der Waals surface area (Å²) in [5.74, 6) is -0.160. The van der Waals surface area contributed by atoms with Crippen molar-refractivity contribution in [3.63, 3.8) is 0 Å². The van der Waals surface area contributed by atoms with Crippen LogP contribution in [0.3, 0.4) is 0 Å². The number of phenolic OH excluding ortho intramolecular Hbond substituents is 2. The van der Waals surface area contributed by atoms with E-state index in [1.54, 1.807) is 0 Å². The van der Waals surface area contributed by atoms with Crippen LogP contribution in [0.4, 0.5) is 0 Å². The molecule has 3 rings (SSSR count). The Morgan fingerprint density at radius 2 is 1.94 bits per heavy atom. The van der Waals surface area contributed by atoms with Crippen molar-refractivity contribution in [3.8, 4) is 11.5 Å². The number of rotatable bonds is 5. The molecule has 1 aromatic carbocycles. The van der Waals surface area contributed by atoms with Gasteiger partial charge in [-0.3, -0.25) is 9.59 Å². The Bertz CT molecular complexity index is 915. The summed E-state index contributed by atoms with van der Waals surface area (Å²) in [6.07, 6.45) is 5.45. The van der Waals surface area contributed by atoms with Gasteiger partial charge in [-0.05, 0) is 48.1 Å². The van der Waals surface area contributed by atoms with Crippen molar-refractivity contribution in [3.05, 3.63) is 34.4 Å². The lowest BCUT2D eigenvalue weighted by atomic mass is 9.51. The van der Waals surface area contributed by atoms with E-state index in [1.165, 1.54) is 18.6 Å². The van der Waals surface area contributed by atoms with Crippen molar-refractivity contribution in [1.82, 2.24) is 0 Å². The van der Waals surface area contributed by atoms with Gasteiger partial charge in [-0.25, -0.2) is 0 Å². The Kier molecular flexibility index (Phi) is 6.25. The number of ether oxygens (including phenoxy) is 1. The van der Waals surface area contributed by atoms with E-state index in [0.717, 1.165) is 12.8 Å². The second-order valence-corrected chi connectivity index (χ2v) is 10.0. The Balaban J connectivity index is 2.06. The third kappa shape index (κ3) is 3.86. The Morgan fingerprint density at radius 3 is 2.52 bits per heavy atom. The van der Waals surface area contributed by atoms with Crippen LogP contribution in [-0.2, 0) is 22.6 Å². The first-order chi connectivity index (χ1) is 14.5. The molecular formula is C25H34O6. The Hall–Kier alpha value is -2.34. The highest BCUT2D eigenvalue weighted by atomic mass is 16.5. The van der Waals surface area contributed by atoms with E-state index in [1.807, 2.05) is 0 Å². The summed E-state index contributed by atoms with van der Waals surface area (Å²) in [4.78, 5) is 23.2. The zero-order valence-electron chi connectivity index (χ0n) is 19.1. The summed E-state index contributed by atoms with van der Waals surface area (Å²) >= 11 is 0. The molecule has 3 N–H and O–H groups in total. The summed E-state index contributed by atoms with van der Waals surface area (Å²) in [6.45, 7) is 9.61. The molecule has 31 heavy (non-hydrogen) atoms. The lowest BCUT2D eigenvalue weighted by Gasteiger charge is -2.55. The molecule has 0 spiro atoms. The van der Waals surface area contributed by atoms with E-state index in [9.17, 15) is 24.9 Å². The minimum absolute atomic E-state index is 0.0202. The second-order valence-electron chi connectivity index (χ2n) is 10.0. The van der Waals surface area contributed by atoms with Gasteiger partial charge in [0.15, 0.2) is 6.29 Å². The minimum atomic E-state index is -0.442. The number of aliphatic hydroxyl groups is 1. The fraction of sp³-hybridized carbons (Fsp3) is 0.600. The largest absolute Gasteiger partial charge is 0.508 e. The maximum absolute atomic E-state index is 11.6. The molecule has 0 amide bonds. The normalized spacial score (nSPS) is 29.6. The molecule has 6 heteroatoms. The summed E-state index contributed by atoms with van der Waals surface area (Å²) in [5, 5.41) is 30.9. The van der Waals surface area contributed by atoms with Gasteiger partial charge in [0.25, 0.3) is 0 Å². The molecule has 0 aromatic heterocycles. The van der Waals surface area contributed by atoms with Gasteiger partial charge in [0.1, 0.15) is 17.6 Å². The van der Waals surface area contributed by atoms with Crippen LogP contribution in [0.15, 0.2) is 17.7 Å². The van der Waals surface area contributed by atoms with E-state index in [4.69, 9.17) is 4.74 Å². The van der Waals surface area contributed by atoms with Gasteiger partial charge < -0.3 is 20.1 Å². The molecule has 1 aromatic rings.